The van der Waals surface area contributed by atoms with Crippen molar-refractivity contribution in [2.45, 2.75) is 52.4 Å². The maximum absolute atomic E-state index is 13.5. The van der Waals surface area contributed by atoms with Gasteiger partial charge in [-0.05, 0) is 44.4 Å². The van der Waals surface area contributed by atoms with Crippen molar-refractivity contribution < 1.29 is 28.9 Å². The van der Waals surface area contributed by atoms with E-state index in [9.17, 15) is 14.7 Å². The fraction of sp³-hybridized carbons (Fsp3) is 0.379. The van der Waals surface area contributed by atoms with Gasteiger partial charge in [0, 0.05) is 24.1 Å². The van der Waals surface area contributed by atoms with Gasteiger partial charge in [-0.15, -0.1) is 0 Å². The molecule has 0 spiro atoms. The Morgan fingerprint density at radius 2 is 1.76 bits per heavy atom. The van der Waals surface area contributed by atoms with E-state index in [1.54, 1.807) is 27.0 Å². The Labute approximate surface area is 216 Å². The number of methoxy groups -OCH3 is 1. The fourth-order valence-corrected chi connectivity index (χ4v) is 4.88. The molecule has 2 heterocycles. The lowest BCUT2D eigenvalue weighted by Gasteiger charge is -2.37. The third-order valence-corrected chi connectivity index (χ3v) is 6.51. The Morgan fingerprint density at radius 1 is 1.05 bits per heavy atom. The van der Waals surface area contributed by atoms with E-state index in [0.717, 1.165) is 5.56 Å². The number of aromatic nitrogens is 1. The highest BCUT2D eigenvalue weighted by atomic mass is 16.6. The molecule has 0 amide bonds. The van der Waals surface area contributed by atoms with Crippen LogP contribution in [0.3, 0.4) is 0 Å². The zero-order valence-corrected chi connectivity index (χ0v) is 22.1. The Hall–Kier alpha value is -3.78. The molecule has 1 unspecified atom stereocenters. The quantitative estimate of drug-likeness (QED) is 0.505. The summed E-state index contributed by atoms with van der Waals surface area (Å²) in [6, 6.07) is 15.2. The van der Waals surface area contributed by atoms with Crippen molar-refractivity contribution in [2.24, 2.45) is 5.92 Å². The summed E-state index contributed by atoms with van der Waals surface area (Å²) in [4.78, 5) is 26.3. The number of nitrogens with one attached hydrogen (secondary N) is 1. The van der Waals surface area contributed by atoms with Crippen LogP contribution in [0.1, 0.15) is 40.2 Å². The number of ether oxygens (including phenoxy) is 3. The summed E-state index contributed by atoms with van der Waals surface area (Å²) in [6.07, 6.45) is 1.02. The minimum absolute atomic E-state index is 0.0404. The molecular formula is C29H34N2O6. The first kappa shape index (κ1) is 26.3. The minimum atomic E-state index is -1.44. The molecule has 0 radical (unpaired) electrons. The molecule has 1 aromatic heterocycles. The predicted molar refractivity (Wildman–Crippen MR) is 142 cm³/mol. The number of fused-ring (bicyclic) bond motifs is 3. The highest BCUT2D eigenvalue weighted by Gasteiger charge is 2.47. The van der Waals surface area contributed by atoms with Gasteiger partial charge in [0.05, 0.1) is 22.9 Å². The summed E-state index contributed by atoms with van der Waals surface area (Å²) in [7, 11) is 1.53. The lowest BCUT2D eigenvalue weighted by molar-refractivity contribution is -0.143. The van der Waals surface area contributed by atoms with Crippen molar-refractivity contribution in [3.05, 3.63) is 64.7 Å². The first-order valence-corrected chi connectivity index (χ1v) is 12.3. The molecule has 196 valence electrons. The largest absolute Gasteiger partial charge is 0.488 e. The molecule has 0 fully saturated rings. The van der Waals surface area contributed by atoms with E-state index < -0.39 is 23.2 Å². The number of carboxylic acids is 1. The fourth-order valence-electron chi connectivity index (χ4n) is 4.88. The Kier molecular flexibility index (Phi) is 7.06. The second-order valence-corrected chi connectivity index (χ2v) is 10.5. The molecule has 0 saturated heterocycles. The number of benzene rings is 2. The van der Waals surface area contributed by atoms with E-state index in [4.69, 9.17) is 14.2 Å². The SMILES string of the molecule is COCC1=c2c(n(C(=O)OC(C)(C)C)c3cccc(OCc4ccccc4)c23)=CNC1(C(=O)O)C(C)C. The lowest BCUT2D eigenvalue weighted by Crippen LogP contribution is -2.62. The molecule has 3 aromatic rings. The van der Waals surface area contributed by atoms with Gasteiger partial charge >= 0.3 is 12.1 Å². The minimum Gasteiger partial charge on any atom is -0.488 e. The molecule has 37 heavy (non-hydrogen) atoms. The van der Waals surface area contributed by atoms with Crippen molar-refractivity contribution in [1.82, 2.24) is 9.88 Å². The number of rotatable bonds is 7. The molecular weight excluding hydrogens is 472 g/mol. The van der Waals surface area contributed by atoms with Crippen LogP contribution >= 0.6 is 0 Å². The van der Waals surface area contributed by atoms with Crippen LogP contribution in [-0.2, 0) is 20.9 Å². The number of aliphatic carboxylic acids is 1. The van der Waals surface area contributed by atoms with Crippen LogP contribution in [0.25, 0.3) is 22.7 Å². The van der Waals surface area contributed by atoms with Gasteiger partial charge in [-0.2, -0.15) is 0 Å². The highest BCUT2D eigenvalue weighted by molar-refractivity contribution is 6.01. The van der Waals surface area contributed by atoms with Gasteiger partial charge in [0.2, 0.25) is 0 Å². The van der Waals surface area contributed by atoms with Crippen molar-refractivity contribution >= 4 is 34.7 Å². The van der Waals surface area contributed by atoms with E-state index in [0.29, 0.717) is 39.4 Å². The molecule has 8 heteroatoms. The average molecular weight is 507 g/mol. The summed E-state index contributed by atoms with van der Waals surface area (Å²) in [5.41, 5.74) is -0.120. The molecule has 1 aliphatic heterocycles. The van der Waals surface area contributed by atoms with Gasteiger partial charge < -0.3 is 24.6 Å². The maximum atomic E-state index is 13.5. The number of nitrogens with zero attached hydrogens (tertiary/aromatic N) is 1. The van der Waals surface area contributed by atoms with Crippen molar-refractivity contribution in [1.29, 1.82) is 0 Å². The maximum Gasteiger partial charge on any atom is 0.419 e. The zero-order valence-electron chi connectivity index (χ0n) is 22.1. The number of hydrogen-bond donors (Lipinski definition) is 2. The Bertz CT molecular complexity index is 1450. The standard InChI is InChI=1S/C29H34N2O6/c1-18(2)29(26(32)33)20(17-35-6)24-22(15-30-29)31(27(34)37-28(3,4)5)21-13-10-14-23(25(21)24)36-16-19-11-8-7-9-12-19/h7-15,18,30H,16-17H2,1-6H3,(H,32,33). The van der Waals surface area contributed by atoms with E-state index in [2.05, 4.69) is 5.32 Å². The van der Waals surface area contributed by atoms with Gasteiger partial charge in [-0.25, -0.2) is 14.2 Å². The molecule has 1 aliphatic rings. The topological polar surface area (TPSA) is 99.0 Å². The van der Waals surface area contributed by atoms with Crippen LogP contribution in [-0.4, -0.2) is 46.6 Å². The van der Waals surface area contributed by atoms with Crippen LogP contribution in [0.5, 0.6) is 5.75 Å². The van der Waals surface area contributed by atoms with E-state index >= 15 is 0 Å². The monoisotopic (exact) mass is 506 g/mol. The summed E-state index contributed by atoms with van der Waals surface area (Å²) < 4.78 is 19.0. The van der Waals surface area contributed by atoms with Crippen molar-refractivity contribution in [3.8, 4) is 5.75 Å². The smallest absolute Gasteiger partial charge is 0.419 e. The number of hydrogen-bond acceptors (Lipinski definition) is 6. The van der Waals surface area contributed by atoms with Crippen LogP contribution in [0, 0.1) is 5.92 Å². The predicted octanol–water partition coefficient (Wildman–Crippen LogP) is 3.62. The summed E-state index contributed by atoms with van der Waals surface area (Å²) in [5.74, 6) is -0.832. The van der Waals surface area contributed by atoms with Gasteiger partial charge in [0.25, 0.3) is 0 Å². The second kappa shape index (κ2) is 9.94. The number of carbonyl (C=O) groups is 2. The molecule has 0 aliphatic carbocycles. The molecule has 8 nitrogen and oxygen atoms in total. The first-order chi connectivity index (χ1) is 17.5. The summed E-state index contributed by atoms with van der Waals surface area (Å²) in [6.45, 7) is 9.44. The molecule has 4 rings (SSSR count). The number of carboxylic acid groups (broad SMARTS) is 1. The third-order valence-electron chi connectivity index (χ3n) is 6.51. The van der Waals surface area contributed by atoms with E-state index in [-0.39, 0.29) is 12.5 Å². The van der Waals surface area contributed by atoms with Gasteiger partial charge in [-0.3, -0.25) is 0 Å². The van der Waals surface area contributed by atoms with Crippen LogP contribution < -0.4 is 20.6 Å². The van der Waals surface area contributed by atoms with E-state index in [1.165, 1.54) is 11.7 Å². The molecule has 0 bridgehead atoms. The molecule has 0 saturated carbocycles. The molecule has 2 N–H and O–H groups in total. The third kappa shape index (κ3) is 4.69. The first-order valence-electron chi connectivity index (χ1n) is 12.3. The van der Waals surface area contributed by atoms with Crippen molar-refractivity contribution in [2.75, 3.05) is 13.7 Å². The number of carbonyl (C=O) groups excluding carboxylic acids is 1. The molecule has 1 atom stereocenters. The van der Waals surface area contributed by atoms with Crippen LogP contribution in [0.4, 0.5) is 4.79 Å². The average Bonchev–Trinajstić information content (AvgIpc) is 3.17. The normalized spacial score (nSPS) is 17.2. The summed E-state index contributed by atoms with van der Waals surface area (Å²) >= 11 is 0. The Morgan fingerprint density at radius 3 is 2.35 bits per heavy atom. The lowest BCUT2D eigenvalue weighted by atomic mass is 9.77. The zero-order chi connectivity index (χ0) is 27.0. The Balaban J connectivity index is 2.09. The van der Waals surface area contributed by atoms with Gasteiger partial charge in [0.1, 0.15) is 18.0 Å². The summed E-state index contributed by atoms with van der Waals surface area (Å²) in [5, 5.41) is 15.3. The van der Waals surface area contributed by atoms with Crippen molar-refractivity contribution in [3.63, 3.8) is 0 Å². The van der Waals surface area contributed by atoms with Crippen LogP contribution in [0.15, 0.2) is 48.5 Å². The highest BCUT2D eigenvalue weighted by Crippen LogP contribution is 2.32. The van der Waals surface area contributed by atoms with Gasteiger partial charge in [-0.1, -0.05) is 50.2 Å². The van der Waals surface area contributed by atoms with Crippen LogP contribution in [0.2, 0.25) is 0 Å². The molecule has 2 aromatic carbocycles. The second-order valence-electron chi connectivity index (χ2n) is 10.5. The van der Waals surface area contributed by atoms with Gasteiger partial charge in [0.15, 0.2) is 5.54 Å². The van der Waals surface area contributed by atoms with E-state index in [1.807, 2.05) is 62.4 Å².